The molecule has 4 heteroatoms. The Balaban J connectivity index is 1.85. The summed E-state index contributed by atoms with van der Waals surface area (Å²) in [6.07, 6.45) is 6.73. The van der Waals surface area contributed by atoms with E-state index in [1.165, 1.54) is 0 Å². The van der Waals surface area contributed by atoms with Crippen molar-refractivity contribution in [1.82, 2.24) is 9.78 Å². The van der Waals surface area contributed by atoms with E-state index >= 15 is 0 Å². The summed E-state index contributed by atoms with van der Waals surface area (Å²) in [5.74, 6) is 0.850. The van der Waals surface area contributed by atoms with Crippen LogP contribution in [-0.2, 0) is 4.74 Å². The molecule has 0 amide bonds. The molecule has 1 aromatic heterocycles. The second kappa shape index (κ2) is 4.66. The molecule has 1 aliphatic heterocycles. The first-order valence-electron chi connectivity index (χ1n) is 6.03. The fraction of sp³-hybridized carbons (Fsp3) is 0.214. The number of benzene rings is 1. The molecule has 1 atom stereocenters. The number of nitrogens with two attached hydrogens (primary N) is 1. The highest BCUT2D eigenvalue weighted by Crippen LogP contribution is 2.24. The van der Waals surface area contributed by atoms with Crippen LogP contribution in [-0.4, -0.2) is 16.4 Å². The lowest BCUT2D eigenvalue weighted by Gasteiger charge is -2.10. The quantitative estimate of drug-likeness (QED) is 0.896. The average molecular weight is 241 g/mol. The van der Waals surface area contributed by atoms with E-state index in [0.29, 0.717) is 0 Å². The van der Waals surface area contributed by atoms with Crippen LogP contribution in [0, 0.1) is 0 Å². The molecule has 0 spiro atoms. The Labute approximate surface area is 106 Å². The Kier molecular flexibility index (Phi) is 2.86. The minimum atomic E-state index is -0.218. The van der Waals surface area contributed by atoms with Gasteiger partial charge in [0.05, 0.1) is 24.5 Å². The molecule has 0 bridgehead atoms. The van der Waals surface area contributed by atoms with Gasteiger partial charge < -0.3 is 10.5 Å². The highest BCUT2D eigenvalue weighted by Gasteiger charge is 2.18. The number of para-hydroxylation sites is 1. The molecule has 1 aromatic carbocycles. The summed E-state index contributed by atoms with van der Waals surface area (Å²) < 4.78 is 7.31. The van der Waals surface area contributed by atoms with Gasteiger partial charge in [-0.1, -0.05) is 18.2 Å². The Morgan fingerprint density at radius 1 is 1.28 bits per heavy atom. The van der Waals surface area contributed by atoms with Crippen molar-refractivity contribution >= 4 is 0 Å². The van der Waals surface area contributed by atoms with Crippen molar-refractivity contribution < 1.29 is 4.74 Å². The maximum atomic E-state index is 6.15. The van der Waals surface area contributed by atoms with E-state index in [-0.39, 0.29) is 6.04 Å². The highest BCUT2D eigenvalue weighted by molar-refractivity contribution is 5.32. The van der Waals surface area contributed by atoms with E-state index in [2.05, 4.69) is 5.10 Å². The van der Waals surface area contributed by atoms with Gasteiger partial charge in [-0.15, -0.1) is 0 Å². The molecule has 0 aliphatic carbocycles. The normalized spacial score (nSPS) is 16.2. The first-order valence-corrected chi connectivity index (χ1v) is 6.03. The fourth-order valence-electron chi connectivity index (χ4n) is 2.04. The van der Waals surface area contributed by atoms with Crippen LogP contribution in [0.15, 0.2) is 54.6 Å². The number of nitrogens with zero attached hydrogens (tertiary/aromatic N) is 2. The van der Waals surface area contributed by atoms with Crippen molar-refractivity contribution in [3.8, 4) is 5.69 Å². The maximum Gasteiger partial charge on any atom is 0.113 e. The van der Waals surface area contributed by atoms with Crippen LogP contribution < -0.4 is 5.73 Å². The predicted octanol–water partition coefficient (Wildman–Crippen LogP) is 2.18. The van der Waals surface area contributed by atoms with E-state index < -0.39 is 0 Å². The van der Waals surface area contributed by atoms with Crippen molar-refractivity contribution in [1.29, 1.82) is 0 Å². The lowest BCUT2D eigenvalue weighted by Crippen LogP contribution is -2.12. The molecule has 1 unspecified atom stereocenters. The zero-order valence-corrected chi connectivity index (χ0v) is 9.99. The summed E-state index contributed by atoms with van der Waals surface area (Å²) in [6, 6.07) is 9.75. The van der Waals surface area contributed by atoms with Crippen LogP contribution in [0.5, 0.6) is 0 Å². The topological polar surface area (TPSA) is 53.1 Å². The number of hydrogen-bond donors (Lipinski definition) is 1. The van der Waals surface area contributed by atoms with Gasteiger partial charge in [0.1, 0.15) is 5.76 Å². The minimum absolute atomic E-state index is 0.218. The third-order valence-electron chi connectivity index (χ3n) is 3.02. The molecule has 3 rings (SSSR count). The molecule has 1 aliphatic rings. The first kappa shape index (κ1) is 11.0. The molecule has 2 heterocycles. The van der Waals surface area contributed by atoms with Gasteiger partial charge >= 0.3 is 0 Å². The first-order chi connectivity index (χ1) is 8.84. The molecular weight excluding hydrogens is 226 g/mol. The Hall–Kier alpha value is -2.07. The van der Waals surface area contributed by atoms with Gasteiger partial charge in [-0.25, -0.2) is 4.68 Å². The molecule has 2 aromatic rings. The third-order valence-corrected chi connectivity index (χ3v) is 3.02. The number of aromatic nitrogens is 2. The van der Waals surface area contributed by atoms with Crippen molar-refractivity contribution in [3.05, 3.63) is 60.1 Å². The molecule has 0 fully saturated rings. The molecule has 92 valence electrons. The van der Waals surface area contributed by atoms with Crippen molar-refractivity contribution in [2.75, 3.05) is 6.61 Å². The lowest BCUT2D eigenvalue weighted by atomic mass is 10.1. The van der Waals surface area contributed by atoms with Crippen LogP contribution in [0.4, 0.5) is 0 Å². The van der Waals surface area contributed by atoms with Crippen LogP contribution in [0.3, 0.4) is 0 Å². The molecule has 0 saturated heterocycles. The third kappa shape index (κ3) is 2.02. The fourth-order valence-corrected chi connectivity index (χ4v) is 2.04. The second-order valence-electron chi connectivity index (χ2n) is 4.28. The summed E-state index contributed by atoms with van der Waals surface area (Å²) in [4.78, 5) is 0. The zero-order chi connectivity index (χ0) is 12.4. The van der Waals surface area contributed by atoms with Crippen LogP contribution in [0.2, 0.25) is 0 Å². The molecule has 0 saturated carbocycles. The van der Waals surface area contributed by atoms with Gasteiger partial charge in [-0.2, -0.15) is 5.10 Å². The SMILES string of the molecule is NC(C1=CCCO1)c1cnn(-c2ccccc2)c1. The largest absolute Gasteiger partial charge is 0.496 e. The summed E-state index contributed by atoms with van der Waals surface area (Å²) in [7, 11) is 0. The minimum Gasteiger partial charge on any atom is -0.496 e. The van der Waals surface area contributed by atoms with Crippen LogP contribution in [0.25, 0.3) is 5.69 Å². The Morgan fingerprint density at radius 3 is 2.83 bits per heavy atom. The molecule has 0 radical (unpaired) electrons. The van der Waals surface area contributed by atoms with Crippen LogP contribution >= 0.6 is 0 Å². The average Bonchev–Trinajstić information content (AvgIpc) is 3.10. The maximum absolute atomic E-state index is 6.15. The monoisotopic (exact) mass is 241 g/mol. The van der Waals surface area contributed by atoms with E-state index in [9.17, 15) is 0 Å². The molecule has 2 N–H and O–H groups in total. The van der Waals surface area contributed by atoms with E-state index in [0.717, 1.165) is 30.0 Å². The predicted molar refractivity (Wildman–Crippen MR) is 69.1 cm³/mol. The lowest BCUT2D eigenvalue weighted by molar-refractivity contribution is 0.225. The molecular formula is C14H15N3O. The van der Waals surface area contributed by atoms with E-state index in [1.54, 1.807) is 6.20 Å². The van der Waals surface area contributed by atoms with Gasteiger partial charge in [0.25, 0.3) is 0 Å². The van der Waals surface area contributed by atoms with Gasteiger partial charge in [-0.05, 0) is 18.2 Å². The summed E-state index contributed by atoms with van der Waals surface area (Å²) >= 11 is 0. The Morgan fingerprint density at radius 2 is 2.11 bits per heavy atom. The molecule has 18 heavy (non-hydrogen) atoms. The standard InChI is InChI=1S/C14H15N3O/c15-14(13-7-4-8-18-13)11-9-16-17(10-11)12-5-2-1-3-6-12/h1-3,5-7,9-10,14H,4,8,15H2. The number of ether oxygens (including phenoxy) is 1. The van der Waals surface area contributed by atoms with E-state index in [1.807, 2.05) is 47.3 Å². The van der Waals surface area contributed by atoms with Gasteiger partial charge in [0, 0.05) is 18.2 Å². The van der Waals surface area contributed by atoms with E-state index in [4.69, 9.17) is 10.5 Å². The second-order valence-corrected chi connectivity index (χ2v) is 4.28. The molecule has 4 nitrogen and oxygen atoms in total. The number of hydrogen-bond acceptors (Lipinski definition) is 3. The van der Waals surface area contributed by atoms with Gasteiger partial charge in [0.15, 0.2) is 0 Å². The summed E-state index contributed by atoms with van der Waals surface area (Å²) in [6.45, 7) is 0.732. The smallest absolute Gasteiger partial charge is 0.113 e. The summed E-state index contributed by atoms with van der Waals surface area (Å²) in [5.41, 5.74) is 8.14. The Bertz CT molecular complexity index is 559. The van der Waals surface area contributed by atoms with Gasteiger partial charge in [-0.3, -0.25) is 0 Å². The highest BCUT2D eigenvalue weighted by atomic mass is 16.5. The van der Waals surface area contributed by atoms with Crippen molar-refractivity contribution in [2.24, 2.45) is 5.73 Å². The van der Waals surface area contributed by atoms with Crippen LogP contribution in [0.1, 0.15) is 18.0 Å². The van der Waals surface area contributed by atoms with Gasteiger partial charge in [0.2, 0.25) is 0 Å². The van der Waals surface area contributed by atoms with Crippen molar-refractivity contribution in [2.45, 2.75) is 12.5 Å². The zero-order valence-electron chi connectivity index (χ0n) is 9.99. The summed E-state index contributed by atoms with van der Waals surface area (Å²) in [5, 5.41) is 4.33. The number of rotatable bonds is 3. The van der Waals surface area contributed by atoms with Crippen molar-refractivity contribution in [3.63, 3.8) is 0 Å².